The molecule has 1 aromatic heterocycles. The van der Waals surface area contributed by atoms with Crippen LogP contribution in [0.4, 0.5) is 9.93 Å². The number of carboxylic acid groups (broad SMARTS) is 1. The zero-order valence-corrected chi connectivity index (χ0v) is 19.9. The predicted octanol–water partition coefficient (Wildman–Crippen LogP) is 4.49. The number of likely N-dealkylation sites (N-methyl/N-ethyl adjacent to an activating group) is 1. The van der Waals surface area contributed by atoms with Crippen molar-refractivity contribution in [2.24, 2.45) is 5.92 Å². The average molecular weight is 472 g/mol. The zero-order chi connectivity index (χ0) is 23.8. The highest BCUT2D eigenvalue weighted by Gasteiger charge is 2.19. The van der Waals surface area contributed by atoms with Crippen LogP contribution in [0.2, 0.25) is 0 Å². The van der Waals surface area contributed by atoms with Gasteiger partial charge in [0.2, 0.25) is 0 Å². The van der Waals surface area contributed by atoms with E-state index in [9.17, 15) is 9.59 Å². The van der Waals surface area contributed by atoms with Crippen LogP contribution in [0.15, 0.2) is 48.5 Å². The first-order valence-electron chi connectivity index (χ1n) is 10.7. The molecule has 0 unspecified atom stereocenters. The molecule has 0 bridgehead atoms. The number of hydrogen-bond donors (Lipinski definition) is 1. The van der Waals surface area contributed by atoms with Crippen LogP contribution in [0, 0.1) is 5.92 Å². The maximum atomic E-state index is 12.3. The summed E-state index contributed by atoms with van der Waals surface area (Å²) in [6.07, 6.45) is -0.644. The van der Waals surface area contributed by atoms with Gasteiger partial charge in [-0.2, -0.15) is 0 Å². The lowest BCUT2D eigenvalue weighted by molar-refractivity contribution is -0.138. The second-order valence-electron chi connectivity index (χ2n) is 8.10. The highest BCUT2D eigenvalue weighted by Crippen LogP contribution is 2.27. The molecule has 0 radical (unpaired) electrons. The molecule has 176 valence electrons. The van der Waals surface area contributed by atoms with Crippen molar-refractivity contribution < 1.29 is 24.2 Å². The second-order valence-corrected chi connectivity index (χ2v) is 9.11. The summed E-state index contributed by atoms with van der Waals surface area (Å²) in [5.74, 6) is -0.281. The van der Waals surface area contributed by atoms with Crippen LogP contribution in [0.1, 0.15) is 19.4 Å². The number of rotatable bonds is 11. The third-order valence-electron chi connectivity index (χ3n) is 4.70. The normalized spacial score (nSPS) is 10.9. The van der Waals surface area contributed by atoms with Crippen LogP contribution >= 0.6 is 11.3 Å². The minimum absolute atomic E-state index is 0.117. The van der Waals surface area contributed by atoms with E-state index < -0.39 is 18.6 Å². The molecule has 1 heterocycles. The molecule has 1 amide bonds. The molecule has 0 spiro atoms. The van der Waals surface area contributed by atoms with Gasteiger partial charge in [0.05, 0.1) is 23.4 Å². The molecule has 0 aliphatic rings. The summed E-state index contributed by atoms with van der Waals surface area (Å²) in [7, 11) is 1.98. The lowest BCUT2D eigenvalue weighted by Gasteiger charge is -2.21. The van der Waals surface area contributed by atoms with Crippen LogP contribution in [0.25, 0.3) is 10.2 Å². The Hall–Kier alpha value is -3.33. The summed E-state index contributed by atoms with van der Waals surface area (Å²) < 4.78 is 12.2. The fourth-order valence-electron chi connectivity index (χ4n) is 3.05. The summed E-state index contributed by atoms with van der Waals surface area (Å²) in [6, 6.07) is 15.3. The molecule has 0 fully saturated rings. The van der Waals surface area contributed by atoms with Gasteiger partial charge in [0.1, 0.15) is 18.9 Å². The number of aromatic nitrogens is 1. The van der Waals surface area contributed by atoms with E-state index in [1.807, 2.05) is 68.3 Å². The number of thiazole rings is 1. The van der Waals surface area contributed by atoms with E-state index >= 15 is 0 Å². The quantitative estimate of drug-likeness (QED) is 0.440. The summed E-state index contributed by atoms with van der Waals surface area (Å²) in [5, 5.41) is 10.1. The Kier molecular flexibility index (Phi) is 8.48. The molecule has 2 aromatic carbocycles. The molecular formula is C24H29N3O5S. The number of carbonyl (C=O) groups excluding carboxylic acids is 1. The first-order chi connectivity index (χ1) is 15.8. The van der Waals surface area contributed by atoms with Crippen molar-refractivity contribution in [1.82, 2.24) is 9.88 Å². The van der Waals surface area contributed by atoms with E-state index in [0.717, 1.165) is 20.9 Å². The van der Waals surface area contributed by atoms with E-state index in [-0.39, 0.29) is 19.1 Å². The lowest BCUT2D eigenvalue weighted by atomic mass is 10.2. The average Bonchev–Trinajstić information content (AvgIpc) is 3.21. The van der Waals surface area contributed by atoms with E-state index in [1.165, 1.54) is 4.90 Å². The standard InChI is InChI=1S/C24H29N3O5S/c1-17(2)16-32-24(30)27(15-22(28)29)14-18-7-6-8-19(13-18)31-12-11-26(3)23-25-20-9-4-5-10-21(20)33-23/h4-10,13,17H,11-12,14-16H2,1-3H3,(H,28,29). The van der Waals surface area contributed by atoms with Crippen LogP contribution in [-0.4, -0.2) is 60.4 Å². The monoisotopic (exact) mass is 471 g/mol. The third-order valence-corrected chi connectivity index (χ3v) is 5.85. The van der Waals surface area contributed by atoms with Crippen LogP contribution in [0.3, 0.4) is 0 Å². The van der Waals surface area contributed by atoms with Gasteiger partial charge in [0.25, 0.3) is 0 Å². The molecule has 0 aliphatic carbocycles. The Morgan fingerprint density at radius 2 is 1.94 bits per heavy atom. The minimum atomic E-state index is -1.10. The van der Waals surface area contributed by atoms with Crippen LogP contribution < -0.4 is 9.64 Å². The predicted molar refractivity (Wildman–Crippen MR) is 129 cm³/mol. The number of benzene rings is 2. The molecule has 9 heteroatoms. The minimum Gasteiger partial charge on any atom is -0.492 e. The molecule has 3 rings (SSSR count). The second kappa shape index (κ2) is 11.5. The van der Waals surface area contributed by atoms with E-state index in [4.69, 9.17) is 14.6 Å². The maximum Gasteiger partial charge on any atom is 0.410 e. The molecule has 33 heavy (non-hydrogen) atoms. The number of hydrogen-bond acceptors (Lipinski definition) is 7. The number of carboxylic acids is 1. The topological polar surface area (TPSA) is 92.2 Å². The van der Waals surface area contributed by atoms with Crippen molar-refractivity contribution in [3.05, 3.63) is 54.1 Å². The van der Waals surface area contributed by atoms with Gasteiger partial charge in [0, 0.05) is 13.6 Å². The van der Waals surface area contributed by atoms with Crippen LogP contribution in [-0.2, 0) is 16.1 Å². The fourth-order valence-corrected chi connectivity index (χ4v) is 4.00. The van der Waals surface area contributed by atoms with Gasteiger partial charge in [-0.25, -0.2) is 9.78 Å². The number of nitrogens with zero attached hydrogens (tertiary/aromatic N) is 3. The van der Waals surface area contributed by atoms with Crippen molar-refractivity contribution in [1.29, 1.82) is 0 Å². The lowest BCUT2D eigenvalue weighted by Crippen LogP contribution is -2.36. The number of ether oxygens (including phenoxy) is 2. The number of carbonyl (C=O) groups is 2. The number of anilines is 1. The van der Waals surface area contributed by atoms with Crippen molar-refractivity contribution >= 4 is 38.7 Å². The number of aliphatic carboxylic acids is 1. The Labute approximate surface area is 197 Å². The smallest absolute Gasteiger partial charge is 0.410 e. The summed E-state index contributed by atoms with van der Waals surface area (Å²) >= 11 is 1.64. The van der Waals surface area contributed by atoms with Crippen molar-refractivity contribution in [3.63, 3.8) is 0 Å². The van der Waals surface area contributed by atoms with E-state index in [2.05, 4.69) is 11.1 Å². The Morgan fingerprint density at radius 1 is 1.15 bits per heavy atom. The first-order valence-corrected chi connectivity index (χ1v) is 11.6. The van der Waals surface area contributed by atoms with Gasteiger partial charge in [-0.3, -0.25) is 9.69 Å². The summed E-state index contributed by atoms with van der Waals surface area (Å²) in [4.78, 5) is 31.4. The molecule has 3 aromatic rings. The van der Waals surface area contributed by atoms with Gasteiger partial charge < -0.3 is 19.5 Å². The Bertz CT molecular complexity index is 1050. The molecule has 0 aliphatic heterocycles. The van der Waals surface area contributed by atoms with Gasteiger partial charge in [-0.1, -0.05) is 49.4 Å². The maximum absolute atomic E-state index is 12.3. The number of amides is 1. The molecular weight excluding hydrogens is 442 g/mol. The Morgan fingerprint density at radius 3 is 2.67 bits per heavy atom. The molecule has 8 nitrogen and oxygen atoms in total. The van der Waals surface area contributed by atoms with E-state index in [0.29, 0.717) is 18.9 Å². The molecule has 1 N–H and O–H groups in total. The molecule has 0 atom stereocenters. The van der Waals surface area contributed by atoms with Crippen molar-refractivity contribution in [2.45, 2.75) is 20.4 Å². The fraction of sp³-hybridized carbons (Fsp3) is 0.375. The van der Waals surface area contributed by atoms with Gasteiger partial charge in [-0.15, -0.1) is 0 Å². The molecule has 0 saturated carbocycles. The van der Waals surface area contributed by atoms with Crippen molar-refractivity contribution in [3.8, 4) is 5.75 Å². The number of para-hydroxylation sites is 1. The van der Waals surface area contributed by atoms with E-state index in [1.54, 1.807) is 11.3 Å². The van der Waals surface area contributed by atoms with Gasteiger partial charge >= 0.3 is 12.1 Å². The highest BCUT2D eigenvalue weighted by molar-refractivity contribution is 7.22. The Balaban J connectivity index is 1.56. The highest BCUT2D eigenvalue weighted by atomic mass is 32.1. The largest absolute Gasteiger partial charge is 0.492 e. The first kappa shape index (κ1) is 24.3. The number of fused-ring (bicyclic) bond motifs is 1. The SMILES string of the molecule is CC(C)COC(=O)N(CC(=O)O)Cc1cccc(OCCN(C)c2nc3ccccc3s2)c1. The summed E-state index contributed by atoms with van der Waals surface area (Å²) in [6.45, 7) is 4.86. The van der Waals surface area contributed by atoms with Crippen molar-refractivity contribution in [2.75, 3.05) is 38.3 Å². The molecule has 0 saturated heterocycles. The summed E-state index contributed by atoms with van der Waals surface area (Å²) in [5.41, 5.74) is 1.74. The van der Waals surface area contributed by atoms with Crippen LogP contribution in [0.5, 0.6) is 5.75 Å². The third kappa shape index (κ3) is 7.35. The van der Waals surface area contributed by atoms with Gasteiger partial charge in [0.15, 0.2) is 5.13 Å². The zero-order valence-electron chi connectivity index (χ0n) is 19.1. The van der Waals surface area contributed by atoms with Gasteiger partial charge in [-0.05, 0) is 35.7 Å².